The number of fused-ring (bicyclic) bond motifs is 1. The lowest BCUT2D eigenvalue weighted by molar-refractivity contribution is -0.0643. The molecule has 0 radical (unpaired) electrons. The van der Waals surface area contributed by atoms with Crippen LogP contribution in [0.1, 0.15) is 29.2 Å². The fourth-order valence-electron chi connectivity index (χ4n) is 4.18. The highest BCUT2D eigenvalue weighted by atomic mass is 19.1. The molecule has 0 spiro atoms. The van der Waals surface area contributed by atoms with E-state index in [4.69, 9.17) is 17.2 Å². The third kappa shape index (κ3) is 3.28. The lowest BCUT2D eigenvalue weighted by Gasteiger charge is -2.40. The van der Waals surface area contributed by atoms with Crippen molar-refractivity contribution in [3.63, 3.8) is 0 Å². The zero-order valence-electron chi connectivity index (χ0n) is 17.0. The van der Waals surface area contributed by atoms with Crippen LogP contribution in [0.3, 0.4) is 0 Å². The van der Waals surface area contributed by atoms with Crippen molar-refractivity contribution in [1.82, 2.24) is 14.8 Å². The van der Waals surface area contributed by atoms with Crippen molar-refractivity contribution >= 4 is 22.6 Å². The number of halogens is 1. The summed E-state index contributed by atoms with van der Waals surface area (Å²) < 4.78 is 15.7. The molecule has 1 fully saturated rings. The number of benzene rings is 2. The Labute approximate surface area is 182 Å². The number of carbonyl (C=O) groups is 1. The molecule has 0 atom stereocenters. The van der Waals surface area contributed by atoms with Gasteiger partial charge in [0, 0.05) is 29.4 Å². The molecule has 7 N–H and O–H groups in total. The fraction of sp³-hybridized carbons (Fsp3) is 0.174. The van der Waals surface area contributed by atoms with Gasteiger partial charge in [0.25, 0.3) is 5.91 Å². The molecule has 1 aliphatic rings. The Bertz CT molecular complexity index is 1370. The summed E-state index contributed by atoms with van der Waals surface area (Å²) in [6.07, 6.45) is 0.531. The molecule has 0 bridgehead atoms. The lowest BCUT2D eigenvalue weighted by atomic mass is 9.83. The zero-order chi connectivity index (χ0) is 22.6. The first-order chi connectivity index (χ1) is 15.2. The maximum Gasteiger partial charge on any atom is 0.254 e. The van der Waals surface area contributed by atoms with E-state index >= 15 is 0 Å². The highest BCUT2D eigenvalue weighted by Gasteiger charge is 2.42. The molecule has 2 aromatic heterocycles. The summed E-state index contributed by atoms with van der Waals surface area (Å²) in [6.45, 7) is 0. The van der Waals surface area contributed by atoms with Crippen LogP contribution in [0.2, 0.25) is 0 Å². The molecule has 8 nitrogen and oxygen atoms in total. The second-order valence-electron chi connectivity index (χ2n) is 8.17. The number of aromatic nitrogens is 3. The van der Waals surface area contributed by atoms with E-state index in [2.05, 4.69) is 10.1 Å². The Kier molecular flexibility index (Phi) is 4.47. The SMILES string of the molecule is NC(=O)c1c(-c2ccc3ccc(-c4ccccc4F)nc3c2)nn([C@H]2C[C@@](N)(O)C2)c1N. The Morgan fingerprint density at radius 2 is 1.88 bits per heavy atom. The minimum atomic E-state index is -1.27. The number of hydrogen-bond acceptors (Lipinski definition) is 6. The molecule has 1 saturated carbocycles. The summed E-state index contributed by atoms with van der Waals surface area (Å²) in [5.74, 6) is -0.946. The summed E-state index contributed by atoms with van der Waals surface area (Å²) in [4.78, 5) is 16.8. The monoisotopic (exact) mass is 432 g/mol. The van der Waals surface area contributed by atoms with E-state index in [-0.39, 0.29) is 36.1 Å². The summed E-state index contributed by atoms with van der Waals surface area (Å²) in [6, 6.07) is 15.2. The highest BCUT2D eigenvalue weighted by Crippen LogP contribution is 2.41. The Balaban J connectivity index is 1.61. The smallest absolute Gasteiger partial charge is 0.254 e. The predicted molar refractivity (Wildman–Crippen MR) is 119 cm³/mol. The van der Waals surface area contributed by atoms with Crippen molar-refractivity contribution < 1.29 is 14.3 Å². The molecule has 162 valence electrons. The van der Waals surface area contributed by atoms with Gasteiger partial charge in [-0.05, 0) is 24.3 Å². The van der Waals surface area contributed by atoms with Crippen molar-refractivity contribution in [3.05, 3.63) is 66.0 Å². The van der Waals surface area contributed by atoms with Gasteiger partial charge < -0.3 is 22.3 Å². The lowest BCUT2D eigenvalue weighted by Crippen LogP contribution is -2.52. The quantitative estimate of drug-likeness (QED) is 0.365. The molecule has 4 aromatic rings. The van der Waals surface area contributed by atoms with Gasteiger partial charge in [-0.3, -0.25) is 4.79 Å². The topological polar surface area (TPSA) is 146 Å². The van der Waals surface area contributed by atoms with Crippen molar-refractivity contribution in [2.45, 2.75) is 24.6 Å². The number of anilines is 1. The molecule has 32 heavy (non-hydrogen) atoms. The molecule has 0 aliphatic heterocycles. The van der Waals surface area contributed by atoms with E-state index in [0.29, 0.717) is 28.0 Å². The van der Waals surface area contributed by atoms with E-state index < -0.39 is 11.6 Å². The van der Waals surface area contributed by atoms with Gasteiger partial charge >= 0.3 is 0 Å². The predicted octanol–water partition coefficient (Wildman–Crippen LogP) is 2.57. The maximum atomic E-state index is 14.2. The van der Waals surface area contributed by atoms with E-state index in [1.54, 1.807) is 36.4 Å². The van der Waals surface area contributed by atoms with Gasteiger partial charge in [-0.25, -0.2) is 14.1 Å². The highest BCUT2D eigenvalue weighted by molar-refractivity contribution is 6.04. The molecule has 0 unspecified atom stereocenters. The molecular weight excluding hydrogens is 411 g/mol. The van der Waals surface area contributed by atoms with E-state index in [1.807, 2.05) is 12.1 Å². The van der Waals surface area contributed by atoms with E-state index in [9.17, 15) is 14.3 Å². The van der Waals surface area contributed by atoms with Gasteiger partial charge in [-0.1, -0.05) is 30.3 Å². The number of nitrogen functional groups attached to an aromatic ring is 1. The molecule has 0 saturated heterocycles. The standard InChI is InChI=1S/C23H21FN6O2/c24-16-4-2-1-3-15(16)17-8-7-12-5-6-13(9-18(12)28-17)20-19(22(26)31)21(25)30(29-20)14-10-23(27,32)11-14/h1-9,14,32H,10-11,25,27H2,(H2,26,31)/t14-,23+. The summed E-state index contributed by atoms with van der Waals surface area (Å²) in [5.41, 5.74) is 18.7. The van der Waals surface area contributed by atoms with Gasteiger partial charge in [-0.15, -0.1) is 0 Å². The van der Waals surface area contributed by atoms with Crippen LogP contribution < -0.4 is 17.2 Å². The molecule has 2 heterocycles. The number of nitrogens with two attached hydrogens (primary N) is 3. The number of primary amides is 1. The number of hydrogen-bond donors (Lipinski definition) is 4. The van der Waals surface area contributed by atoms with Crippen LogP contribution in [0, 0.1) is 5.82 Å². The molecule has 1 aliphatic carbocycles. The Morgan fingerprint density at radius 1 is 1.16 bits per heavy atom. The first-order valence-corrected chi connectivity index (χ1v) is 10.1. The van der Waals surface area contributed by atoms with Crippen molar-refractivity contribution in [1.29, 1.82) is 0 Å². The number of rotatable bonds is 4. The number of amides is 1. The first-order valence-electron chi connectivity index (χ1n) is 10.1. The molecule has 2 aromatic carbocycles. The van der Waals surface area contributed by atoms with Gasteiger partial charge in [0.1, 0.15) is 28.6 Å². The fourth-order valence-corrected chi connectivity index (χ4v) is 4.18. The van der Waals surface area contributed by atoms with Crippen LogP contribution in [-0.2, 0) is 0 Å². The van der Waals surface area contributed by atoms with Gasteiger partial charge in [0.05, 0.1) is 17.3 Å². The van der Waals surface area contributed by atoms with Crippen LogP contribution in [0.25, 0.3) is 33.4 Å². The zero-order valence-corrected chi connectivity index (χ0v) is 17.0. The van der Waals surface area contributed by atoms with Crippen LogP contribution >= 0.6 is 0 Å². The van der Waals surface area contributed by atoms with Gasteiger partial charge in [0.15, 0.2) is 0 Å². The van der Waals surface area contributed by atoms with Crippen LogP contribution in [0.15, 0.2) is 54.6 Å². The summed E-state index contributed by atoms with van der Waals surface area (Å²) in [5, 5.41) is 15.2. The third-order valence-corrected chi connectivity index (χ3v) is 5.83. The largest absolute Gasteiger partial charge is 0.383 e. The molecule has 5 rings (SSSR count). The summed E-state index contributed by atoms with van der Waals surface area (Å²) >= 11 is 0. The van der Waals surface area contributed by atoms with E-state index in [0.717, 1.165) is 5.39 Å². The summed E-state index contributed by atoms with van der Waals surface area (Å²) in [7, 11) is 0. The number of pyridine rings is 1. The minimum absolute atomic E-state index is 0.0991. The second kappa shape index (κ2) is 7.11. The normalized spacial score (nSPS) is 20.3. The Morgan fingerprint density at radius 3 is 2.56 bits per heavy atom. The van der Waals surface area contributed by atoms with Crippen LogP contribution in [0.4, 0.5) is 10.2 Å². The average molecular weight is 432 g/mol. The van der Waals surface area contributed by atoms with Gasteiger partial charge in [0.2, 0.25) is 0 Å². The molecule has 9 heteroatoms. The maximum absolute atomic E-state index is 14.2. The van der Waals surface area contributed by atoms with Gasteiger partial charge in [-0.2, -0.15) is 5.10 Å². The average Bonchev–Trinajstić information content (AvgIpc) is 3.08. The van der Waals surface area contributed by atoms with Crippen molar-refractivity contribution in [2.75, 3.05) is 5.73 Å². The van der Waals surface area contributed by atoms with Crippen LogP contribution in [-0.4, -0.2) is 31.5 Å². The molecule has 1 amide bonds. The van der Waals surface area contributed by atoms with E-state index in [1.165, 1.54) is 10.7 Å². The number of carbonyl (C=O) groups excluding carboxylic acids is 1. The Hall–Kier alpha value is -3.82. The third-order valence-electron chi connectivity index (χ3n) is 5.83. The van der Waals surface area contributed by atoms with Crippen molar-refractivity contribution in [3.8, 4) is 22.5 Å². The second-order valence-corrected chi connectivity index (χ2v) is 8.17. The first kappa shape index (κ1) is 20.1. The van der Waals surface area contributed by atoms with Crippen LogP contribution in [0.5, 0.6) is 0 Å². The van der Waals surface area contributed by atoms with Crippen molar-refractivity contribution in [2.24, 2.45) is 11.5 Å². The molecular formula is C23H21FN6O2. The minimum Gasteiger partial charge on any atom is -0.383 e. The number of aliphatic hydroxyl groups is 1. The number of nitrogens with zero attached hydrogens (tertiary/aromatic N) is 3.